The highest BCUT2D eigenvalue weighted by Crippen LogP contribution is 2.19. The van der Waals surface area contributed by atoms with Crippen LogP contribution in [0, 0.1) is 5.92 Å². The first-order valence-electron chi connectivity index (χ1n) is 12.3. The maximum atomic E-state index is 13.1. The van der Waals surface area contributed by atoms with E-state index in [1.807, 2.05) is 85.5 Å². The van der Waals surface area contributed by atoms with Crippen LogP contribution in [0.3, 0.4) is 0 Å². The fraction of sp³-hybridized carbons (Fsp3) is 0.345. The van der Waals surface area contributed by atoms with Crippen molar-refractivity contribution in [2.45, 2.75) is 52.1 Å². The molecule has 1 fully saturated rings. The molecule has 35 heavy (non-hydrogen) atoms. The number of carbonyl (C=O) groups is 3. The zero-order valence-electron chi connectivity index (χ0n) is 20.4. The molecule has 3 amide bonds. The van der Waals surface area contributed by atoms with E-state index in [1.165, 1.54) is 0 Å². The lowest BCUT2D eigenvalue weighted by Gasteiger charge is -2.27. The maximum absolute atomic E-state index is 13.1. The van der Waals surface area contributed by atoms with Gasteiger partial charge in [-0.2, -0.15) is 0 Å². The van der Waals surface area contributed by atoms with Gasteiger partial charge in [-0.3, -0.25) is 14.4 Å². The third-order valence-corrected chi connectivity index (χ3v) is 6.43. The van der Waals surface area contributed by atoms with Gasteiger partial charge >= 0.3 is 0 Å². The van der Waals surface area contributed by atoms with E-state index in [-0.39, 0.29) is 30.1 Å². The van der Waals surface area contributed by atoms with Crippen LogP contribution in [0.1, 0.15) is 44.2 Å². The van der Waals surface area contributed by atoms with Crippen molar-refractivity contribution < 1.29 is 14.4 Å². The first kappa shape index (κ1) is 24.5. The number of nitrogens with zero attached hydrogens (tertiary/aromatic N) is 1. The van der Waals surface area contributed by atoms with Crippen molar-refractivity contribution in [2.24, 2.45) is 5.92 Å². The molecule has 1 heterocycles. The zero-order valence-corrected chi connectivity index (χ0v) is 20.4. The van der Waals surface area contributed by atoms with Crippen molar-refractivity contribution in [3.05, 3.63) is 77.9 Å². The van der Waals surface area contributed by atoms with Crippen LogP contribution < -0.4 is 10.6 Å². The molecule has 4 rings (SSSR count). The molecule has 1 saturated heterocycles. The summed E-state index contributed by atoms with van der Waals surface area (Å²) in [6, 6.07) is 20.9. The van der Waals surface area contributed by atoms with Crippen LogP contribution in [-0.2, 0) is 27.3 Å². The number of piperidine rings is 1. The fourth-order valence-corrected chi connectivity index (χ4v) is 4.51. The summed E-state index contributed by atoms with van der Waals surface area (Å²) in [5.41, 5.74) is 2.54. The van der Waals surface area contributed by atoms with E-state index in [0.29, 0.717) is 18.7 Å². The van der Waals surface area contributed by atoms with E-state index >= 15 is 0 Å². The molecular weight excluding hydrogens is 438 g/mol. The highest BCUT2D eigenvalue weighted by molar-refractivity contribution is 5.97. The molecule has 1 atom stereocenters. The molecule has 1 aliphatic rings. The number of fused-ring (bicyclic) bond motifs is 1. The summed E-state index contributed by atoms with van der Waals surface area (Å²) in [4.78, 5) is 39.9. The van der Waals surface area contributed by atoms with Crippen LogP contribution in [0.25, 0.3) is 10.8 Å². The molecule has 3 aromatic carbocycles. The van der Waals surface area contributed by atoms with Crippen molar-refractivity contribution in [2.75, 3.05) is 11.9 Å². The topological polar surface area (TPSA) is 78.5 Å². The minimum atomic E-state index is -0.657. The highest BCUT2D eigenvalue weighted by Gasteiger charge is 2.25. The maximum Gasteiger partial charge on any atom is 0.247 e. The Bertz CT molecular complexity index is 1220. The Kier molecular flexibility index (Phi) is 7.80. The Balaban J connectivity index is 1.38. The van der Waals surface area contributed by atoms with Gasteiger partial charge in [-0.15, -0.1) is 0 Å². The molecule has 0 aliphatic carbocycles. The highest BCUT2D eigenvalue weighted by atomic mass is 16.2. The minimum Gasteiger partial charge on any atom is -0.344 e. The van der Waals surface area contributed by atoms with Crippen molar-refractivity contribution in [1.82, 2.24) is 10.2 Å². The standard InChI is InChI=1S/C29H33N3O3/c1-20(2)28(31-26(33)18-21-13-14-23-9-3-4-10-24(23)16-21)29(35)30-25-11-7-8-22(17-25)19-32-15-6-5-12-27(32)34/h3-4,7-11,13-14,16-17,20,28H,5-6,12,15,18-19H2,1-2H3,(H,30,35)(H,31,33). The largest absolute Gasteiger partial charge is 0.344 e. The molecule has 3 aromatic rings. The van der Waals surface area contributed by atoms with Gasteiger partial charge in [0.15, 0.2) is 0 Å². The first-order chi connectivity index (χ1) is 16.9. The number of likely N-dealkylation sites (tertiary alicyclic amines) is 1. The molecule has 0 bridgehead atoms. The molecule has 0 radical (unpaired) electrons. The first-order valence-corrected chi connectivity index (χ1v) is 12.3. The van der Waals surface area contributed by atoms with E-state index in [4.69, 9.17) is 0 Å². The number of benzene rings is 3. The minimum absolute atomic E-state index is 0.0790. The summed E-state index contributed by atoms with van der Waals surface area (Å²) in [5.74, 6) is -0.339. The van der Waals surface area contributed by atoms with Crippen LogP contribution in [-0.4, -0.2) is 35.2 Å². The number of nitrogens with one attached hydrogen (secondary N) is 2. The zero-order chi connectivity index (χ0) is 24.8. The third kappa shape index (κ3) is 6.47. The van der Waals surface area contributed by atoms with Crippen LogP contribution in [0.4, 0.5) is 5.69 Å². The lowest BCUT2D eigenvalue weighted by atomic mass is 10.0. The van der Waals surface area contributed by atoms with Crippen LogP contribution in [0.15, 0.2) is 66.7 Å². The average molecular weight is 472 g/mol. The summed E-state index contributed by atoms with van der Waals surface area (Å²) < 4.78 is 0. The van der Waals surface area contributed by atoms with Gasteiger partial charge in [0.25, 0.3) is 0 Å². The monoisotopic (exact) mass is 471 g/mol. The second-order valence-corrected chi connectivity index (χ2v) is 9.61. The van der Waals surface area contributed by atoms with Crippen molar-refractivity contribution in [3.8, 4) is 0 Å². The summed E-state index contributed by atoms with van der Waals surface area (Å²) in [6.07, 6.45) is 2.79. The Labute approximate surface area is 206 Å². The van der Waals surface area contributed by atoms with E-state index in [1.54, 1.807) is 0 Å². The summed E-state index contributed by atoms with van der Waals surface area (Å²) in [6.45, 7) is 5.14. The van der Waals surface area contributed by atoms with Crippen molar-refractivity contribution in [3.63, 3.8) is 0 Å². The Morgan fingerprint density at radius 1 is 0.914 bits per heavy atom. The van der Waals surface area contributed by atoms with Crippen molar-refractivity contribution in [1.29, 1.82) is 0 Å². The normalized spacial score (nSPS) is 14.7. The van der Waals surface area contributed by atoms with Crippen LogP contribution in [0.5, 0.6) is 0 Å². The molecule has 2 N–H and O–H groups in total. The van der Waals surface area contributed by atoms with Gasteiger partial charge in [-0.1, -0.05) is 68.4 Å². The van der Waals surface area contributed by atoms with E-state index in [2.05, 4.69) is 10.6 Å². The van der Waals surface area contributed by atoms with Gasteiger partial charge in [0.2, 0.25) is 17.7 Å². The SMILES string of the molecule is CC(C)C(NC(=O)Cc1ccc2ccccc2c1)C(=O)Nc1cccc(CN2CCCCC2=O)c1. The van der Waals surface area contributed by atoms with Crippen molar-refractivity contribution >= 4 is 34.2 Å². The van der Waals surface area contributed by atoms with E-state index in [0.717, 1.165) is 41.3 Å². The van der Waals surface area contributed by atoms with Gasteiger partial charge in [0.1, 0.15) is 6.04 Å². The summed E-state index contributed by atoms with van der Waals surface area (Å²) in [5, 5.41) is 8.08. The molecule has 0 saturated carbocycles. The lowest BCUT2D eigenvalue weighted by Crippen LogP contribution is -2.47. The molecule has 1 unspecified atom stereocenters. The molecular formula is C29H33N3O3. The Hall–Kier alpha value is -3.67. The van der Waals surface area contributed by atoms with Gasteiger partial charge in [0, 0.05) is 25.2 Å². The van der Waals surface area contributed by atoms with Crippen LogP contribution in [0.2, 0.25) is 0 Å². The third-order valence-electron chi connectivity index (χ3n) is 6.43. The number of hydrogen-bond acceptors (Lipinski definition) is 3. The second-order valence-electron chi connectivity index (χ2n) is 9.61. The van der Waals surface area contributed by atoms with Gasteiger partial charge in [-0.25, -0.2) is 0 Å². The Morgan fingerprint density at radius 3 is 2.49 bits per heavy atom. The quantitative estimate of drug-likeness (QED) is 0.501. The molecule has 6 heteroatoms. The van der Waals surface area contributed by atoms with Gasteiger partial charge in [-0.05, 0) is 52.8 Å². The molecule has 1 aliphatic heterocycles. The Morgan fingerprint density at radius 2 is 1.71 bits per heavy atom. The lowest BCUT2D eigenvalue weighted by molar-refractivity contribution is -0.133. The molecule has 182 valence electrons. The van der Waals surface area contributed by atoms with Crippen LogP contribution >= 0.6 is 0 Å². The summed E-state index contributed by atoms with van der Waals surface area (Å²) in [7, 11) is 0. The number of rotatable bonds is 8. The number of amides is 3. The smallest absolute Gasteiger partial charge is 0.247 e. The molecule has 0 aromatic heterocycles. The molecule has 0 spiro atoms. The number of carbonyl (C=O) groups excluding carboxylic acids is 3. The number of hydrogen-bond donors (Lipinski definition) is 2. The predicted molar refractivity (Wildman–Crippen MR) is 139 cm³/mol. The van der Waals surface area contributed by atoms with Gasteiger partial charge < -0.3 is 15.5 Å². The second kappa shape index (κ2) is 11.2. The number of anilines is 1. The fourth-order valence-electron chi connectivity index (χ4n) is 4.51. The predicted octanol–water partition coefficient (Wildman–Crippen LogP) is 4.67. The van der Waals surface area contributed by atoms with Gasteiger partial charge in [0.05, 0.1) is 6.42 Å². The summed E-state index contributed by atoms with van der Waals surface area (Å²) >= 11 is 0. The average Bonchev–Trinajstić information content (AvgIpc) is 2.84. The molecule has 6 nitrogen and oxygen atoms in total. The van der Waals surface area contributed by atoms with E-state index < -0.39 is 6.04 Å². The van der Waals surface area contributed by atoms with E-state index in [9.17, 15) is 14.4 Å².